The molecule has 0 amide bonds. The van der Waals surface area contributed by atoms with Crippen LogP contribution in [0.4, 0.5) is 61.5 Å². The predicted octanol–water partition coefficient (Wildman–Crippen LogP) is 4.10. The first-order chi connectivity index (χ1) is 15.6. The topological polar surface area (TPSA) is 64.9 Å². The summed E-state index contributed by atoms with van der Waals surface area (Å²) in [7, 11) is -2.14. The maximum absolute atomic E-state index is 14.1. The molecule has 0 aliphatic carbocycles. The Bertz CT molecular complexity index is 737. The quantitative estimate of drug-likeness (QED) is 0.276. The number of nitrogens with zero attached hydrogens (tertiary/aromatic N) is 1. The maximum Gasteiger partial charge on any atom is 0.431 e. The molecule has 0 aliphatic heterocycles. The first-order valence-corrected chi connectivity index (χ1v) is 11.3. The lowest BCUT2D eigenvalue weighted by Crippen LogP contribution is -3.09. The van der Waals surface area contributed by atoms with E-state index in [1.807, 2.05) is 0 Å². The summed E-state index contributed by atoms with van der Waals surface area (Å²) < 4.78 is 205. The SMILES string of the molecule is CN(C)CCC[NH+]([O-])S(=O)(=O)CCC(CC(F)(C(F)(F)F)C(F)(F)F)CC(F)(C(F)(F)F)C(F)(F)F. The molecule has 0 aromatic heterocycles. The summed E-state index contributed by atoms with van der Waals surface area (Å²) in [5.41, 5.74) is -12.8. The second-order valence-electron chi connectivity index (χ2n) is 8.25. The van der Waals surface area contributed by atoms with Gasteiger partial charge in [0.1, 0.15) is 5.75 Å². The van der Waals surface area contributed by atoms with Crippen molar-refractivity contribution in [2.45, 2.75) is 61.7 Å². The van der Waals surface area contributed by atoms with E-state index < -0.39 is 88.0 Å². The Balaban J connectivity index is 6.27. The minimum absolute atomic E-state index is 0.118. The van der Waals surface area contributed by atoms with E-state index in [4.69, 9.17) is 0 Å². The number of nitrogens with one attached hydrogen (secondary N) is 1. The van der Waals surface area contributed by atoms with Gasteiger partial charge in [-0.25, -0.2) is 8.78 Å². The molecule has 0 aliphatic rings. The molecule has 0 aromatic rings. The molecule has 0 rings (SSSR count). The Labute approximate surface area is 196 Å². The van der Waals surface area contributed by atoms with Crippen molar-refractivity contribution in [1.82, 2.24) is 4.90 Å². The molecular formula is C16H22F14N2O3S. The van der Waals surface area contributed by atoms with Crippen molar-refractivity contribution in [3.8, 4) is 0 Å². The zero-order valence-corrected chi connectivity index (χ0v) is 19.2. The third-order valence-corrected chi connectivity index (χ3v) is 6.74. The van der Waals surface area contributed by atoms with Crippen LogP contribution in [0.25, 0.3) is 0 Å². The fraction of sp³-hybridized carbons (Fsp3) is 1.00. The van der Waals surface area contributed by atoms with E-state index >= 15 is 0 Å². The number of rotatable bonds is 12. The number of hydroxylamine groups is 1. The van der Waals surface area contributed by atoms with Gasteiger partial charge in [0.15, 0.2) is 0 Å². The standard InChI is InChI=1S/C16H22F14N2O3S/c1-31(2)5-3-6-32(33)36(34,35)7-4-10(8-11(17,13(19,20)21)14(22,23)24)9-12(18,15(25,26)27)16(28,29)30/h10,32H,3-9H2,1-2H3. The number of hydrogen-bond acceptors (Lipinski definition) is 4. The summed E-state index contributed by atoms with van der Waals surface area (Å²) in [5, 5.41) is 11.8. The lowest BCUT2D eigenvalue weighted by molar-refractivity contribution is -0.707. The van der Waals surface area contributed by atoms with Gasteiger partial charge in [-0.3, -0.25) is 4.47 Å². The van der Waals surface area contributed by atoms with Gasteiger partial charge in [0.2, 0.25) is 0 Å². The minimum Gasteiger partial charge on any atom is -0.618 e. The van der Waals surface area contributed by atoms with E-state index in [2.05, 4.69) is 0 Å². The van der Waals surface area contributed by atoms with E-state index in [1.54, 1.807) is 0 Å². The summed E-state index contributed by atoms with van der Waals surface area (Å²) in [6.07, 6.45) is -36.2. The van der Waals surface area contributed by atoms with Crippen LogP contribution in [0.5, 0.6) is 0 Å². The number of halogens is 14. The van der Waals surface area contributed by atoms with Gasteiger partial charge < -0.3 is 10.1 Å². The fourth-order valence-corrected chi connectivity index (χ4v) is 4.31. The van der Waals surface area contributed by atoms with Crippen LogP contribution in [0.15, 0.2) is 0 Å². The minimum atomic E-state index is -6.93. The first kappa shape index (κ1) is 34.9. The predicted molar refractivity (Wildman–Crippen MR) is 95.4 cm³/mol. The third-order valence-electron chi connectivity index (χ3n) is 5.07. The van der Waals surface area contributed by atoms with Crippen LogP contribution in [0.1, 0.15) is 25.7 Å². The smallest absolute Gasteiger partial charge is 0.431 e. The van der Waals surface area contributed by atoms with Gasteiger partial charge >= 0.3 is 24.7 Å². The molecule has 0 spiro atoms. The lowest BCUT2D eigenvalue weighted by Gasteiger charge is -2.37. The van der Waals surface area contributed by atoms with Crippen LogP contribution >= 0.6 is 0 Å². The van der Waals surface area contributed by atoms with Crippen molar-refractivity contribution < 1.29 is 74.4 Å². The van der Waals surface area contributed by atoms with Gasteiger partial charge in [-0.15, -0.1) is 0 Å². The van der Waals surface area contributed by atoms with Crippen LogP contribution < -0.4 is 4.47 Å². The average molecular weight is 588 g/mol. The normalized spacial score (nSPS) is 16.2. The van der Waals surface area contributed by atoms with Gasteiger partial charge in [0, 0.05) is 25.8 Å². The molecular weight excluding hydrogens is 566 g/mol. The zero-order valence-electron chi connectivity index (χ0n) is 18.4. The first-order valence-electron chi connectivity index (χ1n) is 9.67. The van der Waals surface area contributed by atoms with E-state index in [0.29, 0.717) is 0 Å². The molecule has 36 heavy (non-hydrogen) atoms. The highest BCUT2D eigenvalue weighted by Gasteiger charge is 2.75. The van der Waals surface area contributed by atoms with E-state index in [1.165, 1.54) is 19.0 Å². The van der Waals surface area contributed by atoms with Gasteiger partial charge in [-0.2, -0.15) is 61.1 Å². The summed E-state index contributed by atoms with van der Waals surface area (Å²) in [4.78, 5) is 1.47. The molecule has 0 saturated heterocycles. The van der Waals surface area contributed by atoms with Gasteiger partial charge in [0.25, 0.3) is 21.4 Å². The molecule has 20 heteroatoms. The van der Waals surface area contributed by atoms with Crippen molar-refractivity contribution >= 4 is 10.0 Å². The Hall–Kier alpha value is -1.15. The van der Waals surface area contributed by atoms with Crippen molar-refractivity contribution in [3.05, 3.63) is 5.21 Å². The lowest BCUT2D eigenvalue weighted by atomic mass is 9.81. The van der Waals surface area contributed by atoms with Gasteiger partial charge in [-0.1, -0.05) is 0 Å². The van der Waals surface area contributed by atoms with Crippen LogP contribution in [0.3, 0.4) is 0 Å². The van der Waals surface area contributed by atoms with E-state index in [9.17, 15) is 75.1 Å². The summed E-state index contributed by atoms with van der Waals surface area (Å²) >= 11 is 0. The molecule has 0 bridgehead atoms. The van der Waals surface area contributed by atoms with Crippen molar-refractivity contribution in [3.63, 3.8) is 0 Å². The number of quaternary nitrogens is 1. The van der Waals surface area contributed by atoms with Gasteiger partial charge in [-0.05, 0) is 26.4 Å². The zero-order chi connectivity index (χ0) is 29.2. The van der Waals surface area contributed by atoms with Crippen molar-refractivity contribution in [1.29, 1.82) is 0 Å². The number of sulfonamides is 1. The van der Waals surface area contributed by atoms with Crippen molar-refractivity contribution in [2.75, 3.05) is 32.9 Å². The summed E-state index contributed by atoms with van der Waals surface area (Å²) in [6.45, 7) is -0.644. The molecule has 1 unspecified atom stereocenters. The largest absolute Gasteiger partial charge is 0.618 e. The average Bonchev–Trinajstić information content (AvgIpc) is 2.61. The molecule has 1 N–H and O–H groups in total. The molecule has 218 valence electrons. The highest BCUT2D eigenvalue weighted by Crippen LogP contribution is 2.54. The van der Waals surface area contributed by atoms with Crippen LogP contribution in [-0.4, -0.2) is 82.3 Å². The third kappa shape index (κ3) is 8.44. The molecule has 5 nitrogen and oxygen atoms in total. The molecule has 0 heterocycles. The fourth-order valence-electron chi connectivity index (χ4n) is 2.99. The van der Waals surface area contributed by atoms with Gasteiger partial charge in [0.05, 0.1) is 6.54 Å². The number of alkyl halides is 14. The second-order valence-corrected chi connectivity index (χ2v) is 10.3. The van der Waals surface area contributed by atoms with E-state index in [0.717, 1.165) is 0 Å². The summed E-state index contributed by atoms with van der Waals surface area (Å²) in [6, 6.07) is 0. The highest BCUT2D eigenvalue weighted by atomic mass is 32.2. The summed E-state index contributed by atoms with van der Waals surface area (Å²) in [5.74, 6) is -5.29. The monoisotopic (exact) mass is 588 g/mol. The Kier molecular flexibility index (Phi) is 10.9. The van der Waals surface area contributed by atoms with Crippen LogP contribution in [0, 0.1) is 11.1 Å². The van der Waals surface area contributed by atoms with Crippen LogP contribution in [0.2, 0.25) is 0 Å². The van der Waals surface area contributed by atoms with Crippen LogP contribution in [-0.2, 0) is 10.0 Å². The molecule has 0 fully saturated rings. The highest BCUT2D eigenvalue weighted by molar-refractivity contribution is 7.85. The maximum atomic E-state index is 14.1. The molecule has 1 atom stereocenters. The Morgan fingerprint density at radius 2 is 1.06 bits per heavy atom. The Morgan fingerprint density at radius 1 is 0.722 bits per heavy atom. The molecule has 0 radical (unpaired) electrons. The number of hydrogen-bond donors (Lipinski definition) is 1. The molecule has 0 aromatic carbocycles. The Morgan fingerprint density at radius 3 is 1.33 bits per heavy atom. The van der Waals surface area contributed by atoms with E-state index in [-0.39, 0.29) is 13.0 Å². The second kappa shape index (κ2) is 11.3. The molecule has 0 saturated carbocycles. The van der Waals surface area contributed by atoms with Crippen molar-refractivity contribution in [2.24, 2.45) is 5.92 Å².